The number of anilines is 1. The number of halogens is 1. The van der Waals surface area contributed by atoms with Crippen LogP contribution in [0, 0.1) is 16.0 Å². The molecule has 1 atom stereocenters. The number of hydrogen-bond donors (Lipinski definition) is 2. The van der Waals surface area contributed by atoms with Crippen molar-refractivity contribution in [2.45, 2.75) is 26.3 Å². The van der Waals surface area contributed by atoms with Gasteiger partial charge in [-0.3, -0.25) is 14.9 Å². The molecule has 0 aromatic heterocycles. The lowest BCUT2D eigenvalue weighted by molar-refractivity contribution is -0.384. The first-order valence-electron chi connectivity index (χ1n) is 5.73. The van der Waals surface area contributed by atoms with Crippen LogP contribution in [-0.4, -0.2) is 22.0 Å². The van der Waals surface area contributed by atoms with Crippen molar-refractivity contribution in [3.8, 4) is 0 Å². The second kappa shape index (κ2) is 6.51. The minimum absolute atomic E-state index is 0.0128. The van der Waals surface area contributed by atoms with Crippen molar-refractivity contribution in [1.82, 2.24) is 0 Å². The fourth-order valence-electron chi connectivity index (χ4n) is 1.58. The van der Waals surface area contributed by atoms with Crippen LogP contribution in [0.1, 0.15) is 20.3 Å². The van der Waals surface area contributed by atoms with Crippen LogP contribution >= 0.6 is 15.9 Å². The van der Waals surface area contributed by atoms with E-state index < -0.39 is 10.9 Å². The molecule has 0 saturated heterocycles. The predicted molar refractivity (Wildman–Crippen MR) is 75.3 cm³/mol. The monoisotopic (exact) mass is 330 g/mol. The van der Waals surface area contributed by atoms with Crippen LogP contribution in [0.2, 0.25) is 0 Å². The Kier molecular flexibility index (Phi) is 5.29. The molecule has 0 radical (unpaired) electrons. The van der Waals surface area contributed by atoms with Crippen LogP contribution in [0.25, 0.3) is 0 Å². The first kappa shape index (κ1) is 15.4. The molecule has 0 fully saturated rings. The van der Waals surface area contributed by atoms with Gasteiger partial charge in [-0.05, 0) is 27.9 Å². The van der Waals surface area contributed by atoms with E-state index in [0.29, 0.717) is 10.2 Å². The number of nitro benzene ring substituents is 1. The summed E-state index contributed by atoms with van der Waals surface area (Å²) >= 11 is 3.24. The summed E-state index contributed by atoms with van der Waals surface area (Å²) in [5.74, 6) is -0.762. The van der Waals surface area contributed by atoms with Crippen LogP contribution < -0.4 is 5.32 Å². The van der Waals surface area contributed by atoms with Crippen LogP contribution in [-0.2, 0) is 4.79 Å². The smallest absolute Gasteiger partial charge is 0.305 e. The number of aliphatic carboxylic acids is 1. The van der Waals surface area contributed by atoms with Crippen molar-refractivity contribution in [2.24, 2.45) is 5.92 Å². The van der Waals surface area contributed by atoms with E-state index >= 15 is 0 Å². The molecule has 19 heavy (non-hydrogen) atoms. The third-order valence-corrected chi connectivity index (χ3v) is 3.36. The molecule has 0 bridgehead atoms. The molecule has 0 aliphatic rings. The summed E-state index contributed by atoms with van der Waals surface area (Å²) < 4.78 is 0.540. The summed E-state index contributed by atoms with van der Waals surface area (Å²) in [6, 6.07) is 4.10. The summed E-state index contributed by atoms with van der Waals surface area (Å²) in [6.45, 7) is 3.83. The van der Waals surface area contributed by atoms with Gasteiger partial charge in [-0.1, -0.05) is 13.8 Å². The Hall–Kier alpha value is -1.63. The molecule has 1 aromatic rings. The van der Waals surface area contributed by atoms with Gasteiger partial charge in [0.05, 0.1) is 11.3 Å². The number of rotatable bonds is 6. The Morgan fingerprint density at radius 1 is 1.53 bits per heavy atom. The fraction of sp³-hybridized carbons (Fsp3) is 0.417. The van der Waals surface area contributed by atoms with Gasteiger partial charge in [0.25, 0.3) is 5.69 Å². The quantitative estimate of drug-likeness (QED) is 0.616. The highest BCUT2D eigenvalue weighted by atomic mass is 79.9. The number of carbonyl (C=O) groups is 1. The van der Waals surface area contributed by atoms with Gasteiger partial charge in [0.2, 0.25) is 0 Å². The molecular formula is C12H15BrN2O4. The Balaban J connectivity index is 2.91. The lowest BCUT2D eigenvalue weighted by atomic mass is 10.0. The van der Waals surface area contributed by atoms with E-state index in [1.54, 1.807) is 6.07 Å². The number of non-ortho nitro benzene ring substituents is 1. The number of benzene rings is 1. The zero-order chi connectivity index (χ0) is 14.6. The van der Waals surface area contributed by atoms with Crippen LogP contribution in [0.5, 0.6) is 0 Å². The standard InChI is InChI=1S/C12H15BrN2O4/c1-7(2)11(6-12(16)17)14-10-4-3-8(15(18)19)5-9(10)13/h3-5,7,11,14H,6H2,1-2H3,(H,16,17). The minimum atomic E-state index is -0.885. The average Bonchev–Trinajstić information content (AvgIpc) is 2.29. The van der Waals surface area contributed by atoms with Crippen molar-refractivity contribution in [3.05, 3.63) is 32.8 Å². The summed E-state index contributed by atoms with van der Waals surface area (Å²) in [6.07, 6.45) is -0.0128. The molecule has 1 aromatic carbocycles. The molecule has 0 saturated carbocycles. The van der Waals surface area contributed by atoms with Crippen molar-refractivity contribution < 1.29 is 14.8 Å². The SMILES string of the molecule is CC(C)C(CC(=O)O)Nc1ccc([N+](=O)[O-])cc1Br. The van der Waals surface area contributed by atoms with Gasteiger partial charge in [0.1, 0.15) is 0 Å². The van der Waals surface area contributed by atoms with Crippen molar-refractivity contribution in [1.29, 1.82) is 0 Å². The molecule has 2 N–H and O–H groups in total. The van der Waals surface area contributed by atoms with Crippen LogP contribution in [0.4, 0.5) is 11.4 Å². The summed E-state index contributed by atoms with van der Waals surface area (Å²) in [4.78, 5) is 20.9. The number of hydrogen-bond acceptors (Lipinski definition) is 4. The molecule has 1 rings (SSSR count). The third-order valence-electron chi connectivity index (χ3n) is 2.70. The second-order valence-electron chi connectivity index (χ2n) is 4.51. The Bertz CT molecular complexity index is 491. The van der Waals surface area contributed by atoms with Crippen LogP contribution in [0.3, 0.4) is 0 Å². The first-order valence-corrected chi connectivity index (χ1v) is 6.53. The lowest BCUT2D eigenvalue weighted by Gasteiger charge is -2.22. The normalized spacial score (nSPS) is 12.2. The van der Waals surface area contributed by atoms with Crippen molar-refractivity contribution in [2.75, 3.05) is 5.32 Å². The molecule has 0 spiro atoms. The Labute approximate surface area is 119 Å². The highest BCUT2D eigenvalue weighted by Crippen LogP contribution is 2.28. The second-order valence-corrected chi connectivity index (χ2v) is 5.37. The van der Waals surface area contributed by atoms with E-state index in [2.05, 4.69) is 21.2 Å². The molecule has 0 amide bonds. The summed E-state index contributed by atoms with van der Waals surface area (Å²) in [7, 11) is 0. The van der Waals surface area contributed by atoms with E-state index in [1.807, 2.05) is 13.8 Å². The van der Waals surface area contributed by atoms with Gasteiger partial charge in [-0.2, -0.15) is 0 Å². The highest BCUT2D eigenvalue weighted by molar-refractivity contribution is 9.10. The molecule has 0 heterocycles. The van der Waals surface area contributed by atoms with Crippen molar-refractivity contribution in [3.63, 3.8) is 0 Å². The molecule has 104 valence electrons. The zero-order valence-corrected chi connectivity index (χ0v) is 12.2. The molecule has 1 unspecified atom stereocenters. The summed E-state index contributed by atoms with van der Waals surface area (Å²) in [5.41, 5.74) is 0.627. The van der Waals surface area contributed by atoms with Crippen molar-refractivity contribution >= 4 is 33.3 Å². The number of carboxylic acid groups (broad SMARTS) is 1. The third kappa shape index (κ3) is 4.51. The Morgan fingerprint density at radius 3 is 2.58 bits per heavy atom. The number of nitro groups is 1. The van der Waals surface area contributed by atoms with E-state index in [1.165, 1.54) is 12.1 Å². The van der Waals surface area contributed by atoms with Gasteiger partial charge < -0.3 is 10.4 Å². The van der Waals surface area contributed by atoms with Gasteiger partial charge >= 0.3 is 5.97 Å². The van der Waals surface area contributed by atoms with Gasteiger partial charge in [0, 0.05) is 28.3 Å². The summed E-state index contributed by atoms with van der Waals surface area (Å²) in [5, 5.41) is 22.6. The van der Waals surface area contributed by atoms with E-state index in [0.717, 1.165) is 0 Å². The van der Waals surface area contributed by atoms with Gasteiger partial charge in [-0.25, -0.2) is 0 Å². The zero-order valence-electron chi connectivity index (χ0n) is 10.6. The maximum atomic E-state index is 10.8. The maximum Gasteiger partial charge on any atom is 0.305 e. The molecule has 6 nitrogen and oxygen atoms in total. The first-order chi connectivity index (χ1) is 8.81. The number of nitrogens with zero attached hydrogens (tertiary/aromatic N) is 1. The van der Waals surface area contributed by atoms with Gasteiger partial charge in [-0.15, -0.1) is 0 Å². The molecule has 7 heteroatoms. The molecule has 0 aliphatic carbocycles. The van der Waals surface area contributed by atoms with E-state index in [-0.39, 0.29) is 24.1 Å². The average molecular weight is 331 g/mol. The van der Waals surface area contributed by atoms with Gasteiger partial charge in [0.15, 0.2) is 0 Å². The van der Waals surface area contributed by atoms with E-state index in [4.69, 9.17) is 5.11 Å². The Morgan fingerprint density at radius 2 is 2.16 bits per heavy atom. The minimum Gasteiger partial charge on any atom is -0.481 e. The maximum absolute atomic E-state index is 10.8. The highest BCUT2D eigenvalue weighted by Gasteiger charge is 2.18. The largest absolute Gasteiger partial charge is 0.481 e. The topological polar surface area (TPSA) is 92.5 Å². The van der Waals surface area contributed by atoms with Crippen LogP contribution in [0.15, 0.2) is 22.7 Å². The van der Waals surface area contributed by atoms with E-state index in [9.17, 15) is 14.9 Å². The molecular weight excluding hydrogens is 316 g/mol. The predicted octanol–water partition coefficient (Wildman–Crippen LogP) is 3.27. The number of nitrogens with one attached hydrogen (secondary N) is 1. The number of carboxylic acids is 1. The fourth-order valence-corrected chi connectivity index (χ4v) is 2.06. The molecule has 0 aliphatic heterocycles. The lowest BCUT2D eigenvalue weighted by Crippen LogP contribution is -2.28.